The molecule has 1 amide bonds. The molecular weight excluding hydrogens is 324 g/mol. The highest BCUT2D eigenvalue weighted by Crippen LogP contribution is 2.22. The van der Waals surface area contributed by atoms with Crippen molar-refractivity contribution in [2.45, 2.75) is 57.3 Å². The molecule has 0 spiro atoms. The number of aryl methyl sites for hydroxylation is 1. The molecule has 0 aliphatic carbocycles. The van der Waals surface area contributed by atoms with Crippen molar-refractivity contribution in [3.63, 3.8) is 0 Å². The van der Waals surface area contributed by atoms with Gasteiger partial charge in [0.15, 0.2) is 0 Å². The van der Waals surface area contributed by atoms with Gasteiger partial charge >= 0.3 is 0 Å². The third kappa shape index (κ3) is 4.57. The molecule has 1 heterocycles. The molecule has 2 rings (SSSR count). The Balaban J connectivity index is 2.16. The van der Waals surface area contributed by atoms with Gasteiger partial charge in [0.1, 0.15) is 0 Å². The first-order valence-electron chi connectivity index (χ1n) is 8.86. The number of benzene rings is 1. The Labute approximate surface area is 145 Å². The lowest BCUT2D eigenvalue weighted by Gasteiger charge is -2.26. The molecule has 1 aromatic carbocycles. The Morgan fingerprint density at radius 1 is 1.17 bits per heavy atom. The van der Waals surface area contributed by atoms with Crippen LogP contribution in [0.1, 0.15) is 61.4 Å². The Morgan fingerprint density at radius 3 is 2.54 bits per heavy atom. The molecule has 1 saturated heterocycles. The number of nitrogens with one attached hydrogen (secondary N) is 1. The molecule has 0 bridgehead atoms. The number of rotatable bonds is 7. The highest BCUT2D eigenvalue weighted by Gasteiger charge is 2.26. The molecule has 0 aromatic heterocycles. The monoisotopic (exact) mass is 352 g/mol. The van der Waals surface area contributed by atoms with E-state index in [4.69, 9.17) is 0 Å². The van der Waals surface area contributed by atoms with Crippen LogP contribution in [0.3, 0.4) is 0 Å². The number of piperidine rings is 1. The number of hydrogen-bond acceptors (Lipinski definition) is 3. The molecule has 6 heteroatoms. The van der Waals surface area contributed by atoms with Crippen LogP contribution in [0.5, 0.6) is 0 Å². The second kappa shape index (κ2) is 8.62. The summed E-state index contributed by atoms with van der Waals surface area (Å²) in [6.45, 7) is 5.69. The quantitative estimate of drug-likeness (QED) is 0.767. The van der Waals surface area contributed by atoms with E-state index in [-0.39, 0.29) is 10.8 Å². The zero-order chi connectivity index (χ0) is 17.6. The molecule has 1 fully saturated rings. The maximum atomic E-state index is 12.8. The standard InChI is InChI=1S/C18H28N2O3S/c1-3-4-6-11-19-18(21)17-14-16(10-9-15(17)2)24(22,23)20-12-7-5-8-13-20/h9-10,14H,3-8,11-13H2,1-2H3,(H,19,21). The van der Waals surface area contributed by atoms with E-state index in [1.165, 1.54) is 10.4 Å². The fourth-order valence-corrected chi connectivity index (χ4v) is 4.48. The minimum Gasteiger partial charge on any atom is -0.352 e. The van der Waals surface area contributed by atoms with Crippen molar-refractivity contribution < 1.29 is 13.2 Å². The maximum Gasteiger partial charge on any atom is 0.251 e. The van der Waals surface area contributed by atoms with Crippen molar-refractivity contribution in [1.29, 1.82) is 0 Å². The summed E-state index contributed by atoms with van der Waals surface area (Å²) >= 11 is 0. The molecular formula is C18H28N2O3S. The molecule has 0 saturated carbocycles. The average Bonchev–Trinajstić information content (AvgIpc) is 2.59. The van der Waals surface area contributed by atoms with Crippen LogP contribution in [-0.4, -0.2) is 38.3 Å². The summed E-state index contributed by atoms with van der Waals surface area (Å²) in [7, 11) is -3.51. The van der Waals surface area contributed by atoms with Crippen molar-refractivity contribution in [3.05, 3.63) is 29.3 Å². The van der Waals surface area contributed by atoms with Gasteiger partial charge in [0.05, 0.1) is 4.90 Å². The molecule has 0 radical (unpaired) electrons. The fourth-order valence-electron chi connectivity index (χ4n) is 2.93. The van der Waals surface area contributed by atoms with Gasteiger partial charge in [-0.05, 0) is 43.9 Å². The number of carbonyl (C=O) groups is 1. The predicted octanol–water partition coefficient (Wildman–Crippen LogP) is 3.09. The summed E-state index contributed by atoms with van der Waals surface area (Å²) in [4.78, 5) is 12.6. The molecule has 0 unspecified atom stereocenters. The Morgan fingerprint density at radius 2 is 1.88 bits per heavy atom. The van der Waals surface area contributed by atoms with Crippen LogP contribution in [0.2, 0.25) is 0 Å². The van der Waals surface area contributed by atoms with Crippen molar-refractivity contribution in [1.82, 2.24) is 9.62 Å². The number of unbranched alkanes of at least 4 members (excludes halogenated alkanes) is 2. The van der Waals surface area contributed by atoms with E-state index >= 15 is 0 Å². The first kappa shape index (κ1) is 18.9. The van der Waals surface area contributed by atoms with Crippen molar-refractivity contribution >= 4 is 15.9 Å². The fraction of sp³-hybridized carbons (Fsp3) is 0.611. The summed E-state index contributed by atoms with van der Waals surface area (Å²) < 4.78 is 27.1. The molecule has 1 aliphatic heterocycles. The summed E-state index contributed by atoms with van der Waals surface area (Å²) in [5, 5.41) is 2.89. The van der Waals surface area contributed by atoms with Crippen LogP contribution in [0.15, 0.2) is 23.1 Å². The van der Waals surface area contributed by atoms with Gasteiger partial charge < -0.3 is 5.32 Å². The second-order valence-electron chi connectivity index (χ2n) is 6.40. The molecule has 1 N–H and O–H groups in total. The maximum absolute atomic E-state index is 12.8. The van der Waals surface area contributed by atoms with Gasteiger partial charge in [-0.25, -0.2) is 8.42 Å². The topological polar surface area (TPSA) is 66.5 Å². The Hall–Kier alpha value is -1.40. The van der Waals surface area contributed by atoms with Crippen LogP contribution in [0.25, 0.3) is 0 Å². The number of nitrogens with zero attached hydrogens (tertiary/aromatic N) is 1. The lowest BCUT2D eigenvalue weighted by molar-refractivity contribution is 0.0952. The van der Waals surface area contributed by atoms with E-state index in [9.17, 15) is 13.2 Å². The third-order valence-corrected chi connectivity index (χ3v) is 6.37. The zero-order valence-electron chi connectivity index (χ0n) is 14.7. The van der Waals surface area contributed by atoms with Crippen molar-refractivity contribution in [2.75, 3.05) is 19.6 Å². The van der Waals surface area contributed by atoms with E-state index in [0.29, 0.717) is 25.2 Å². The molecule has 24 heavy (non-hydrogen) atoms. The summed E-state index contributed by atoms with van der Waals surface area (Å²) in [6.07, 6.45) is 5.98. The number of hydrogen-bond donors (Lipinski definition) is 1. The minimum atomic E-state index is -3.51. The van der Waals surface area contributed by atoms with Crippen LogP contribution < -0.4 is 5.32 Å². The van der Waals surface area contributed by atoms with Gasteiger partial charge in [0, 0.05) is 25.2 Å². The van der Waals surface area contributed by atoms with E-state index in [2.05, 4.69) is 12.2 Å². The van der Waals surface area contributed by atoms with Crippen molar-refractivity contribution in [2.24, 2.45) is 0 Å². The lowest BCUT2D eigenvalue weighted by Crippen LogP contribution is -2.35. The molecule has 0 atom stereocenters. The number of carbonyl (C=O) groups excluding carboxylic acids is 1. The minimum absolute atomic E-state index is 0.195. The van der Waals surface area contributed by atoms with Gasteiger partial charge in [0.2, 0.25) is 10.0 Å². The van der Waals surface area contributed by atoms with Crippen LogP contribution in [0.4, 0.5) is 0 Å². The normalized spacial score (nSPS) is 16.1. The van der Waals surface area contributed by atoms with E-state index in [1.807, 2.05) is 6.92 Å². The SMILES string of the molecule is CCCCCNC(=O)c1cc(S(=O)(=O)N2CCCCC2)ccc1C. The lowest BCUT2D eigenvalue weighted by atomic mass is 10.1. The number of sulfonamides is 1. The van der Waals surface area contributed by atoms with Gasteiger partial charge in [-0.2, -0.15) is 4.31 Å². The van der Waals surface area contributed by atoms with Crippen LogP contribution >= 0.6 is 0 Å². The molecule has 1 aliphatic rings. The molecule has 1 aromatic rings. The van der Waals surface area contributed by atoms with Gasteiger partial charge in [0.25, 0.3) is 5.91 Å². The van der Waals surface area contributed by atoms with Crippen molar-refractivity contribution in [3.8, 4) is 0 Å². The summed E-state index contributed by atoms with van der Waals surface area (Å²) in [6, 6.07) is 4.85. The highest BCUT2D eigenvalue weighted by molar-refractivity contribution is 7.89. The summed E-state index contributed by atoms with van der Waals surface area (Å²) in [5.41, 5.74) is 1.24. The first-order valence-corrected chi connectivity index (χ1v) is 10.3. The smallest absolute Gasteiger partial charge is 0.251 e. The highest BCUT2D eigenvalue weighted by atomic mass is 32.2. The van der Waals surface area contributed by atoms with Gasteiger partial charge in [-0.1, -0.05) is 32.3 Å². The molecule has 134 valence electrons. The Kier molecular flexibility index (Phi) is 6.80. The largest absolute Gasteiger partial charge is 0.352 e. The first-order chi connectivity index (χ1) is 11.5. The average molecular weight is 353 g/mol. The van der Waals surface area contributed by atoms with Gasteiger partial charge in [-0.3, -0.25) is 4.79 Å². The summed E-state index contributed by atoms with van der Waals surface area (Å²) in [5.74, 6) is -0.195. The second-order valence-corrected chi connectivity index (χ2v) is 8.34. The van der Waals surface area contributed by atoms with Crippen LogP contribution in [0, 0.1) is 6.92 Å². The third-order valence-electron chi connectivity index (χ3n) is 4.47. The number of amides is 1. The van der Waals surface area contributed by atoms with E-state index < -0.39 is 10.0 Å². The van der Waals surface area contributed by atoms with Gasteiger partial charge in [-0.15, -0.1) is 0 Å². The van der Waals surface area contributed by atoms with E-state index in [0.717, 1.165) is 44.1 Å². The van der Waals surface area contributed by atoms with Crippen LogP contribution in [-0.2, 0) is 10.0 Å². The zero-order valence-corrected chi connectivity index (χ0v) is 15.5. The molecule has 5 nitrogen and oxygen atoms in total. The Bertz CT molecular complexity index is 665. The predicted molar refractivity (Wildman–Crippen MR) is 95.6 cm³/mol. The van der Waals surface area contributed by atoms with E-state index in [1.54, 1.807) is 12.1 Å².